The van der Waals surface area contributed by atoms with Crippen LogP contribution in [0, 0.1) is 5.92 Å². The molecule has 0 unspecified atom stereocenters. The van der Waals surface area contributed by atoms with E-state index in [1.54, 1.807) is 0 Å². The smallest absolute Gasteiger partial charge is 0.194 e. The quantitative estimate of drug-likeness (QED) is 0.623. The largest absolute Gasteiger partial charge is 0.380 e. The van der Waals surface area contributed by atoms with E-state index >= 15 is 0 Å². The lowest BCUT2D eigenvalue weighted by molar-refractivity contribution is -0.302. The van der Waals surface area contributed by atoms with Gasteiger partial charge in [-0.25, -0.2) is 0 Å². The highest BCUT2D eigenvalue weighted by molar-refractivity contribution is 5.50. The van der Waals surface area contributed by atoms with Gasteiger partial charge in [0.2, 0.25) is 0 Å². The first-order valence-electron chi connectivity index (χ1n) is 5.89. The molecule has 0 fully saturated rings. The first kappa shape index (κ1) is 12.8. The Morgan fingerprint density at radius 1 is 0.842 bits per heavy atom. The number of hydrogen-bond donors (Lipinski definition) is 0. The first-order valence-corrected chi connectivity index (χ1v) is 5.89. The second-order valence-corrected chi connectivity index (χ2v) is 5.40. The fraction of sp³-hybridized carbons (Fsp3) is 0.538. The predicted molar refractivity (Wildman–Crippen MR) is 55.7 cm³/mol. The molecule has 2 aliphatic carbocycles. The van der Waals surface area contributed by atoms with Crippen LogP contribution in [0.25, 0.3) is 0 Å². The van der Waals surface area contributed by atoms with Crippen LogP contribution in [-0.2, 0) is 24.7 Å². The minimum atomic E-state index is -5.37. The van der Waals surface area contributed by atoms with E-state index in [1.807, 2.05) is 6.92 Å². The van der Waals surface area contributed by atoms with Gasteiger partial charge in [-0.3, -0.25) is 0 Å². The molecule has 2 aliphatic rings. The molecule has 0 bridgehead atoms. The van der Waals surface area contributed by atoms with Crippen molar-refractivity contribution in [3.8, 4) is 0 Å². The average molecular weight is 280 g/mol. The third kappa shape index (κ3) is 1.32. The van der Waals surface area contributed by atoms with Crippen molar-refractivity contribution in [1.29, 1.82) is 0 Å². The summed E-state index contributed by atoms with van der Waals surface area (Å²) in [5.74, 6) is -14.9. The summed E-state index contributed by atoms with van der Waals surface area (Å²) in [5.41, 5.74) is -1.51. The van der Waals surface area contributed by atoms with Crippen LogP contribution in [0.2, 0.25) is 0 Å². The van der Waals surface area contributed by atoms with Crippen LogP contribution in [-0.4, -0.2) is 5.92 Å². The molecule has 104 valence electrons. The van der Waals surface area contributed by atoms with Gasteiger partial charge in [0.05, 0.1) is 0 Å². The first-order chi connectivity index (χ1) is 8.59. The molecule has 1 aromatic rings. The molecule has 0 heterocycles. The molecule has 0 radical (unpaired) electrons. The SMILES string of the molecule is CC1Cc2cc3c(cc2C1)C(F)(F)C(F)(F)C3(F)F. The van der Waals surface area contributed by atoms with E-state index < -0.39 is 28.9 Å². The molecule has 0 spiro atoms. The normalized spacial score (nSPS) is 26.3. The fourth-order valence-corrected chi connectivity index (χ4v) is 2.95. The van der Waals surface area contributed by atoms with Crippen LogP contribution in [0.15, 0.2) is 12.1 Å². The molecule has 0 saturated heterocycles. The van der Waals surface area contributed by atoms with Gasteiger partial charge < -0.3 is 0 Å². The molecule has 3 rings (SSSR count). The lowest BCUT2D eigenvalue weighted by Gasteiger charge is -2.23. The topological polar surface area (TPSA) is 0 Å². The van der Waals surface area contributed by atoms with Gasteiger partial charge in [-0.1, -0.05) is 6.92 Å². The second kappa shape index (κ2) is 3.27. The maximum absolute atomic E-state index is 13.5. The van der Waals surface area contributed by atoms with Gasteiger partial charge in [0.1, 0.15) is 0 Å². The summed E-state index contributed by atoms with van der Waals surface area (Å²) in [4.78, 5) is 0. The van der Waals surface area contributed by atoms with Crippen molar-refractivity contribution in [1.82, 2.24) is 0 Å². The zero-order chi connectivity index (χ0) is 14.2. The van der Waals surface area contributed by atoms with E-state index in [9.17, 15) is 26.3 Å². The van der Waals surface area contributed by atoms with E-state index in [4.69, 9.17) is 0 Å². The highest BCUT2D eigenvalue weighted by atomic mass is 19.3. The van der Waals surface area contributed by atoms with Crippen LogP contribution >= 0.6 is 0 Å². The van der Waals surface area contributed by atoms with Gasteiger partial charge >= 0.3 is 17.8 Å². The standard InChI is InChI=1S/C13H10F6/c1-6-2-7-4-9-10(5-8(7)3-6)12(16,17)13(18,19)11(9,14)15/h4-6H,2-3H2,1H3. The summed E-state index contributed by atoms with van der Waals surface area (Å²) < 4.78 is 80.7. The summed E-state index contributed by atoms with van der Waals surface area (Å²) in [6.07, 6.45) is 0.908. The van der Waals surface area contributed by atoms with E-state index in [-0.39, 0.29) is 5.92 Å². The van der Waals surface area contributed by atoms with Gasteiger partial charge in [-0.2, -0.15) is 26.3 Å². The van der Waals surface area contributed by atoms with E-state index in [1.165, 1.54) is 0 Å². The van der Waals surface area contributed by atoms with Crippen molar-refractivity contribution in [3.63, 3.8) is 0 Å². The van der Waals surface area contributed by atoms with Crippen molar-refractivity contribution in [2.24, 2.45) is 5.92 Å². The summed E-state index contributed by atoms with van der Waals surface area (Å²) in [5, 5.41) is 0. The van der Waals surface area contributed by atoms with Crippen LogP contribution in [0.4, 0.5) is 26.3 Å². The number of fused-ring (bicyclic) bond motifs is 2. The molecule has 0 N–H and O–H groups in total. The molecule has 6 heteroatoms. The fourth-order valence-electron chi connectivity index (χ4n) is 2.95. The second-order valence-electron chi connectivity index (χ2n) is 5.40. The number of rotatable bonds is 0. The Morgan fingerprint density at radius 3 is 1.58 bits per heavy atom. The van der Waals surface area contributed by atoms with Crippen molar-refractivity contribution >= 4 is 0 Å². The minimum absolute atomic E-state index is 0.153. The predicted octanol–water partition coefficient (Wildman–Crippen LogP) is 4.25. The maximum Gasteiger partial charge on any atom is 0.380 e. The molecule has 19 heavy (non-hydrogen) atoms. The van der Waals surface area contributed by atoms with E-state index in [2.05, 4.69) is 0 Å². The van der Waals surface area contributed by atoms with Gasteiger partial charge in [-0.15, -0.1) is 0 Å². The molecule has 0 aromatic heterocycles. The highest BCUT2D eigenvalue weighted by Gasteiger charge is 2.79. The molecule has 0 aliphatic heterocycles. The van der Waals surface area contributed by atoms with Gasteiger partial charge in [0.15, 0.2) is 0 Å². The summed E-state index contributed by atoms with van der Waals surface area (Å²) >= 11 is 0. The Bertz CT molecular complexity index is 513. The van der Waals surface area contributed by atoms with Crippen molar-refractivity contribution in [2.45, 2.75) is 37.5 Å². The Hall–Kier alpha value is -1.20. The Labute approximate surface area is 105 Å². The summed E-state index contributed by atoms with van der Waals surface area (Å²) in [7, 11) is 0. The number of alkyl halides is 6. The number of hydrogen-bond acceptors (Lipinski definition) is 0. The Balaban J connectivity index is 2.26. The number of halogens is 6. The zero-order valence-corrected chi connectivity index (χ0v) is 9.91. The third-order valence-corrected chi connectivity index (χ3v) is 3.94. The molecule has 0 atom stereocenters. The van der Waals surface area contributed by atoms with Gasteiger partial charge in [-0.05, 0) is 42.0 Å². The van der Waals surface area contributed by atoms with Gasteiger partial charge in [0.25, 0.3) is 0 Å². The molecule has 1 aromatic carbocycles. The third-order valence-electron chi connectivity index (χ3n) is 3.94. The van der Waals surface area contributed by atoms with E-state index in [0.717, 1.165) is 12.1 Å². The Morgan fingerprint density at radius 2 is 1.21 bits per heavy atom. The van der Waals surface area contributed by atoms with Crippen molar-refractivity contribution in [3.05, 3.63) is 34.4 Å². The molecule has 0 saturated carbocycles. The lowest BCUT2D eigenvalue weighted by atomic mass is 10.0. The molecule has 0 nitrogen and oxygen atoms in total. The van der Waals surface area contributed by atoms with Gasteiger partial charge in [0, 0.05) is 11.1 Å². The van der Waals surface area contributed by atoms with E-state index in [0.29, 0.717) is 24.0 Å². The summed E-state index contributed by atoms with van der Waals surface area (Å²) in [6.45, 7) is 1.86. The van der Waals surface area contributed by atoms with Crippen LogP contribution < -0.4 is 0 Å². The lowest BCUT2D eigenvalue weighted by Crippen LogP contribution is -2.43. The van der Waals surface area contributed by atoms with Crippen LogP contribution in [0.5, 0.6) is 0 Å². The highest BCUT2D eigenvalue weighted by Crippen LogP contribution is 2.63. The van der Waals surface area contributed by atoms with Crippen molar-refractivity contribution in [2.75, 3.05) is 0 Å². The monoisotopic (exact) mass is 280 g/mol. The van der Waals surface area contributed by atoms with Crippen molar-refractivity contribution < 1.29 is 26.3 Å². The Kier molecular flexibility index (Phi) is 2.21. The zero-order valence-electron chi connectivity index (χ0n) is 9.91. The van der Waals surface area contributed by atoms with Crippen LogP contribution in [0.3, 0.4) is 0 Å². The molecular formula is C13H10F6. The number of benzene rings is 1. The molecular weight excluding hydrogens is 270 g/mol. The maximum atomic E-state index is 13.5. The minimum Gasteiger partial charge on any atom is -0.194 e. The average Bonchev–Trinajstić information content (AvgIpc) is 2.68. The summed E-state index contributed by atoms with van der Waals surface area (Å²) in [6, 6.07) is 1.67. The van der Waals surface area contributed by atoms with Crippen LogP contribution in [0.1, 0.15) is 29.2 Å². The molecule has 0 amide bonds.